The van der Waals surface area contributed by atoms with E-state index in [0.717, 1.165) is 12.0 Å². The lowest BCUT2D eigenvalue weighted by atomic mass is 9.95. The molecule has 1 unspecified atom stereocenters. The van der Waals surface area contributed by atoms with Crippen LogP contribution in [0.1, 0.15) is 37.3 Å². The molecule has 0 N–H and O–H groups in total. The number of hydrogen-bond acceptors (Lipinski definition) is 0. The highest BCUT2D eigenvalue weighted by Gasteiger charge is 2.37. The molecule has 2 aromatic carbocycles. The van der Waals surface area contributed by atoms with Crippen molar-refractivity contribution in [2.75, 3.05) is 0 Å². The lowest BCUT2D eigenvalue weighted by Crippen LogP contribution is -2.11. The van der Waals surface area contributed by atoms with Crippen LogP contribution in [0.25, 0.3) is 11.1 Å². The lowest BCUT2D eigenvalue weighted by molar-refractivity contribution is -0.142. The molecule has 0 aliphatic rings. The van der Waals surface area contributed by atoms with Crippen molar-refractivity contribution in [2.45, 2.75) is 32.4 Å². The minimum atomic E-state index is -5.05. The minimum absolute atomic E-state index is 0.0821. The van der Waals surface area contributed by atoms with E-state index >= 15 is 0 Å². The van der Waals surface area contributed by atoms with Gasteiger partial charge in [0, 0.05) is 0 Å². The number of rotatable bonds is 3. The average molecular weight is 314 g/mol. The lowest BCUT2D eigenvalue weighted by Gasteiger charge is -2.12. The van der Waals surface area contributed by atoms with Crippen LogP contribution in [0.2, 0.25) is 0 Å². The molecule has 0 aliphatic carbocycles. The summed E-state index contributed by atoms with van der Waals surface area (Å²) in [6.45, 7) is 4.09. The predicted octanol–water partition coefficient (Wildman–Crippen LogP) is 6.16. The van der Waals surface area contributed by atoms with Crippen LogP contribution >= 0.6 is 0 Å². The third kappa shape index (κ3) is 3.29. The maximum Gasteiger partial charge on any atom is 0.422 e. The summed E-state index contributed by atoms with van der Waals surface area (Å²) in [4.78, 5) is 0. The van der Waals surface area contributed by atoms with Crippen molar-refractivity contribution < 1.29 is 22.0 Å². The van der Waals surface area contributed by atoms with Crippen LogP contribution in [0, 0.1) is 11.6 Å². The fourth-order valence-electron chi connectivity index (χ4n) is 2.25. The zero-order valence-electron chi connectivity index (χ0n) is 12.1. The molecule has 0 fully saturated rings. The van der Waals surface area contributed by atoms with Gasteiger partial charge in [-0.25, -0.2) is 8.78 Å². The third-order valence-corrected chi connectivity index (χ3v) is 3.75. The Labute approximate surface area is 125 Å². The first-order valence-electron chi connectivity index (χ1n) is 6.90. The van der Waals surface area contributed by atoms with Gasteiger partial charge in [-0.1, -0.05) is 38.1 Å². The molecule has 0 spiro atoms. The second-order valence-electron chi connectivity index (χ2n) is 5.24. The molecule has 22 heavy (non-hydrogen) atoms. The zero-order chi connectivity index (χ0) is 16.5. The predicted molar refractivity (Wildman–Crippen MR) is 75.5 cm³/mol. The van der Waals surface area contributed by atoms with Crippen molar-refractivity contribution in [1.29, 1.82) is 0 Å². The summed E-state index contributed by atoms with van der Waals surface area (Å²) in [5.41, 5.74) is -0.233. The van der Waals surface area contributed by atoms with Crippen LogP contribution in [-0.2, 0) is 6.18 Å². The van der Waals surface area contributed by atoms with Gasteiger partial charge in [-0.05, 0) is 41.2 Å². The van der Waals surface area contributed by atoms with Crippen molar-refractivity contribution in [1.82, 2.24) is 0 Å². The van der Waals surface area contributed by atoms with Crippen LogP contribution in [-0.4, -0.2) is 0 Å². The van der Waals surface area contributed by atoms with Crippen molar-refractivity contribution in [3.63, 3.8) is 0 Å². The van der Waals surface area contributed by atoms with Crippen LogP contribution in [0.5, 0.6) is 0 Å². The van der Waals surface area contributed by atoms with Gasteiger partial charge < -0.3 is 0 Å². The van der Waals surface area contributed by atoms with Gasteiger partial charge in [-0.15, -0.1) is 0 Å². The molecule has 1 atom stereocenters. The fourth-order valence-corrected chi connectivity index (χ4v) is 2.25. The van der Waals surface area contributed by atoms with Crippen molar-refractivity contribution in [3.05, 3.63) is 59.2 Å². The van der Waals surface area contributed by atoms with E-state index < -0.39 is 23.4 Å². The molecule has 0 nitrogen and oxygen atoms in total. The first kappa shape index (κ1) is 16.5. The van der Waals surface area contributed by atoms with E-state index in [9.17, 15) is 22.0 Å². The number of benzene rings is 2. The maximum atomic E-state index is 13.6. The van der Waals surface area contributed by atoms with E-state index in [4.69, 9.17) is 0 Å². The van der Waals surface area contributed by atoms with Gasteiger partial charge in [0.1, 0.15) is 17.2 Å². The summed E-state index contributed by atoms with van der Waals surface area (Å²) in [5, 5.41) is 0. The molecule has 2 aromatic rings. The highest BCUT2D eigenvalue weighted by Crippen LogP contribution is 2.36. The SMILES string of the molecule is CCC(C)c1ccc(-c2cc(F)c(C(F)(F)F)c(F)c2)cc1. The van der Waals surface area contributed by atoms with Crippen LogP contribution < -0.4 is 0 Å². The molecule has 0 radical (unpaired) electrons. The molecular formula is C17H15F5. The van der Waals surface area contributed by atoms with Gasteiger partial charge in [0.25, 0.3) is 0 Å². The van der Waals surface area contributed by atoms with E-state index in [2.05, 4.69) is 0 Å². The highest BCUT2D eigenvalue weighted by atomic mass is 19.4. The monoisotopic (exact) mass is 314 g/mol. The standard InChI is InChI=1S/C17H15F5/c1-3-10(2)11-4-6-12(7-5-11)13-8-14(18)16(15(19)9-13)17(20,21)22/h4-10H,3H2,1-2H3. The number of halogens is 5. The Hall–Kier alpha value is -1.91. The van der Waals surface area contributed by atoms with Gasteiger partial charge in [0.2, 0.25) is 0 Å². The molecule has 0 saturated heterocycles. The van der Waals surface area contributed by atoms with Gasteiger partial charge in [-0.2, -0.15) is 13.2 Å². The average Bonchev–Trinajstić information content (AvgIpc) is 2.44. The second-order valence-corrected chi connectivity index (χ2v) is 5.24. The largest absolute Gasteiger partial charge is 0.422 e. The Morgan fingerprint density at radius 2 is 1.41 bits per heavy atom. The van der Waals surface area contributed by atoms with E-state index in [-0.39, 0.29) is 5.56 Å². The maximum absolute atomic E-state index is 13.6. The third-order valence-electron chi connectivity index (χ3n) is 3.75. The van der Waals surface area contributed by atoms with E-state index in [1.165, 1.54) is 0 Å². The van der Waals surface area contributed by atoms with E-state index in [0.29, 0.717) is 23.6 Å². The Morgan fingerprint density at radius 1 is 0.909 bits per heavy atom. The molecule has 0 heterocycles. The Balaban J connectivity index is 2.42. The van der Waals surface area contributed by atoms with Crippen molar-refractivity contribution >= 4 is 0 Å². The molecule has 0 saturated carbocycles. The molecule has 0 amide bonds. The summed E-state index contributed by atoms with van der Waals surface area (Å²) >= 11 is 0. The van der Waals surface area contributed by atoms with Crippen LogP contribution in [0.4, 0.5) is 22.0 Å². The molecule has 118 valence electrons. The highest BCUT2D eigenvalue weighted by molar-refractivity contribution is 5.64. The smallest absolute Gasteiger partial charge is 0.206 e. The van der Waals surface area contributed by atoms with Gasteiger partial charge in [-0.3, -0.25) is 0 Å². The quantitative estimate of drug-likeness (QED) is 0.595. The molecule has 0 bridgehead atoms. The number of hydrogen-bond donors (Lipinski definition) is 0. The minimum Gasteiger partial charge on any atom is -0.206 e. The molecule has 0 aliphatic heterocycles. The van der Waals surface area contributed by atoms with Crippen LogP contribution in [0.3, 0.4) is 0 Å². The normalized spacial score (nSPS) is 13.2. The first-order chi connectivity index (χ1) is 10.2. The second kappa shape index (κ2) is 6.07. The summed E-state index contributed by atoms with van der Waals surface area (Å²) in [7, 11) is 0. The Morgan fingerprint density at radius 3 is 1.82 bits per heavy atom. The van der Waals surface area contributed by atoms with E-state index in [1.54, 1.807) is 12.1 Å². The molecule has 2 rings (SSSR count). The summed E-state index contributed by atoms with van der Waals surface area (Å²) < 4.78 is 64.8. The fraction of sp³-hybridized carbons (Fsp3) is 0.294. The van der Waals surface area contributed by atoms with Crippen molar-refractivity contribution in [2.24, 2.45) is 0 Å². The Kier molecular flexibility index (Phi) is 4.54. The molecular weight excluding hydrogens is 299 g/mol. The summed E-state index contributed by atoms with van der Waals surface area (Å²) in [6.07, 6.45) is -4.10. The topological polar surface area (TPSA) is 0 Å². The number of alkyl halides is 3. The van der Waals surface area contributed by atoms with Gasteiger partial charge in [0.15, 0.2) is 0 Å². The van der Waals surface area contributed by atoms with Crippen molar-refractivity contribution in [3.8, 4) is 11.1 Å². The Bertz CT molecular complexity index is 633. The van der Waals surface area contributed by atoms with Gasteiger partial charge >= 0.3 is 6.18 Å². The first-order valence-corrected chi connectivity index (χ1v) is 6.90. The van der Waals surface area contributed by atoms with Crippen LogP contribution in [0.15, 0.2) is 36.4 Å². The van der Waals surface area contributed by atoms with E-state index in [1.807, 2.05) is 26.0 Å². The summed E-state index contributed by atoms with van der Waals surface area (Å²) in [6, 6.07) is 8.37. The van der Waals surface area contributed by atoms with Gasteiger partial charge in [0.05, 0.1) is 0 Å². The molecule has 0 aromatic heterocycles. The summed E-state index contributed by atoms with van der Waals surface area (Å²) in [5.74, 6) is -2.86. The molecule has 5 heteroatoms. The zero-order valence-corrected chi connectivity index (χ0v) is 12.1.